The zero-order valence-corrected chi connectivity index (χ0v) is 28.8. The van der Waals surface area contributed by atoms with Crippen molar-refractivity contribution in [3.8, 4) is 11.1 Å². The van der Waals surface area contributed by atoms with Crippen LogP contribution in [0.25, 0.3) is 27.7 Å². The number of alkyl halides is 3. The van der Waals surface area contributed by atoms with Gasteiger partial charge in [0.2, 0.25) is 11.7 Å². The highest BCUT2D eigenvalue weighted by molar-refractivity contribution is 6.11. The van der Waals surface area contributed by atoms with Gasteiger partial charge in [0.25, 0.3) is 0 Å². The van der Waals surface area contributed by atoms with Crippen LogP contribution in [0.5, 0.6) is 0 Å². The van der Waals surface area contributed by atoms with E-state index in [1.807, 2.05) is 6.92 Å². The number of halogens is 5. The Labute approximate surface area is 294 Å². The largest absolute Gasteiger partial charge is 0.417 e. The summed E-state index contributed by atoms with van der Waals surface area (Å²) >= 11 is 0. The first-order chi connectivity index (χ1) is 24.7. The zero-order valence-electron chi connectivity index (χ0n) is 28.8. The van der Waals surface area contributed by atoms with E-state index in [0.29, 0.717) is 48.6 Å². The minimum atomic E-state index is -4.76. The van der Waals surface area contributed by atoms with Gasteiger partial charge in [-0.3, -0.25) is 9.59 Å². The lowest BCUT2D eigenvalue weighted by molar-refractivity contribution is -0.137. The SMILES string of the molecule is COCc1nc2c3c(c(C(F)(F)F)cc2n1C)-c1cccn2c(C(=O)c4cc(F)c(NC(=O)/C=C/CNC5(C)COC5)c(F)c4)cc(c12)CCN3C. The van der Waals surface area contributed by atoms with E-state index in [1.165, 1.54) is 29.8 Å². The van der Waals surface area contributed by atoms with E-state index in [9.17, 15) is 22.8 Å². The highest BCUT2D eigenvalue weighted by atomic mass is 19.4. The first kappa shape index (κ1) is 35.3. The monoisotopic (exact) mass is 722 g/mol. The molecule has 272 valence electrons. The second-order valence-corrected chi connectivity index (χ2v) is 13.4. The number of benzene rings is 2. The average molecular weight is 723 g/mol. The fourth-order valence-corrected chi connectivity index (χ4v) is 6.90. The molecule has 1 saturated heterocycles. The van der Waals surface area contributed by atoms with Crippen LogP contribution in [-0.4, -0.2) is 71.6 Å². The summed E-state index contributed by atoms with van der Waals surface area (Å²) < 4.78 is 88.9. The fraction of sp³-hybridized carbons (Fsp3) is 0.324. The lowest BCUT2D eigenvalue weighted by Crippen LogP contribution is -2.58. The topological polar surface area (TPSA) is 102 Å². The molecule has 15 heteroatoms. The van der Waals surface area contributed by atoms with Crippen molar-refractivity contribution in [1.29, 1.82) is 0 Å². The Morgan fingerprint density at radius 1 is 1.12 bits per heavy atom. The maximum absolute atomic E-state index is 15.3. The minimum Gasteiger partial charge on any atom is -0.377 e. The molecule has 2 aliphatic heterocycles. The maximum atomic E-state index is 15.3. The molecule has 0 radical (unpaired) electrons. The van der Waals surface area contributed by atoms with Crippen molar-refractivity contribution in [2.75, 3.05) is 50.7 Å². The van der Waals surface area contributed by atoms with Crippen molar-refractivity contribution in [2.45, 2.75) is 31.7 Å². The Kier molecular flexibility index (Phi) is 8.91. The van der Waals surface area contributed by atoms with E-state index in [2.05, 4.69) is 15.6 Å². The molecule has 2 N–H and O–H groups in total. The number of nitrogens with one attached hydrogen (secondary N) is 2. The van der Waals surface area contributed by atoms with E-state index in [4.69, 9.17) is 9.47 Å². The number of carbonyl (C=O) groups is 2. The third-order valence-corrected chi connectivity index (χ3v) is 9.60. The molecule has 10 nitrogen and oxygen atoms in total. The summed E-state index contributed by atoms with van der Waals surface area (Å²) in [4.78, 5) is 32.8. The van der Waals surface area contributed by atoms with Gasteiger partial charge in [0.05, 0.1) is 46.7 Å². The predicted octanol–water partition coefficient (Wildman–Crippen LogP) is 6.03. The minimum absolute atomic E-state index is 0.00406. The van der Waals surface area contributed by atoms with Crippen molar-refractivity contribution in [3.05, 3.63) is 94.6 Å². The number of imidazole rings is 1. The third-order valence-electron chi connectivity index (χ3n) is 9.60. The second-order valence-electron chi connectivity index (χ2n) is 13.4. The van der Waals surface area contributed by atoms with Gasteiger partial charge in [-0.25, -0.2) is 13.8 Å². The Hall–Kier alpha value is -5.12. The summed E-state index contributed by atoms with van der Waals surface area (Å²) in [5, 5.41) is 5.38. The van der Waals surface area contributed by atoms with Crippen molar-refractivity contribution in [3.63, 3.8) is 0 Å². The van der Waals surface area contributed by atoms with Crippen LogP contribution in [0.2, 0.25) is 0 Å². The van der Waals surface area contributed by atoms with E-state index in [1.54, 1.807) is 35.7 Å². The summed E-state index contributed by atoms with van der Waals surface area (Å²) in [7, 11) is 4.81. The predicted molar refractivity (Wildman–Crippen MR) is 185 cm³/mol. The molecule has 0 bridgehead atoms. The molecule has 1 amide bonds. The molecule has 1 fully saturated rings. The molecule has 3 aromatic heterocycles. The molecule has 5 aromatic rings. The number of amides is 1. The van der Waals surface area contributed by atoms with E-state index in [-0.39, 0.29) is 52.3 Å². The van der Waals surface area contributed by atoms with Gasteiger partial charge < -0.3 is 34.0 Å². The molecule has 2 aliphatic rings. The number of methoxy groups -OCH3 is 1. The molecule has 0 unspecified atom stereocenters. The standard InChI is InChI=1S/C37H35F5N6O4/c1-36(18-52-19-36)43-10-5-8-29(49)45-31-24(38)13-21(14-25(31)39)35(50)27-15-20-9-12-46(2)34-30(22-7-6-11-48(27)33(20)22)23(37(40,41)42)16-26-32(34)44-28(17-51-4)47(26)3/h5-8,11,13-16,43H,9-10,12,17-19H2,1-4H3,(H,45,49)/b8-5+. The molecular weight excluding hydrogens is 687 g/mol. The van der Waals surface area contributed by atoms with E-state index in [0.717, 1.165) is 24.3 Å². The first-order valence-corrected chi connectivity index (χ1v) is 16.5. The summed E-state index contributed by atoms with van der Waals surface area (Å²) in [6, 6.07) is 7.36. The number of hydrogen-bond acceptors (Lipinski definition) is 7. The first-order valence-electron chi connectivity index (χ1n) is 16.5. The van der Waals surface area contributed by atoms with E-state index < -0.39 is 40.8 Å². The quantitative estimate of drug-likeness (QED) is 0.109. The number of fused-ring (bicyclic) bond motifs is 4. The van der Waals surface area contributed by atoms with Gasteiger partial charge >= 0.3 is 6.18 Å². The number of aryl methyl sites for hydroxylation is 1. The molecule has 2 aromatic carbocycles. The van der Waals surface area contributed by atoms with Crippen molar-refractivity contribution in [1.82, 2.24) is 19.3 Å². The molecule has 7 rings (SSSR count). The van der Waals surface area contributed by atoms with Gasteiger partial charge in [-0.2, -0.15) is 13.2 Å². The van der Waals surface area contributed by atoms with Gasteiger partial charge in [-0.15, -0.1) is 0 Å². The molecule has 0 aliphatic carbocycles. The van der Waals surface area contributed by atoms with Crippen molar-refractivity contribution in [2.24, 2.45) is 7.05 Å². The highest BCUT2D eigenvalue weighted by Crippen LogP contribution is 2.49. The number of pyridine rings is 1. The Balaban J connectivity index is 1.27. The summed E-state index contributed by atoms with van der Waals surface area (Å²) in [5.41, 5.74) is -0.120. The maximum Gasteiger partial charge on any atom is 0.417 e. The second kappa shape index (κ2) is 13.1. The van der Waals surface area contributed by atoms with Gasteiger partial charge in [0.1, 0.15) is 35.3 Å². The molecule has 0 spiro atoms. The zero-order chi connectivity index (χ0) is 37.1. The number of rotatable bonds is 9. The number of likely N-dealkylation sites (N-methyl/N-ethyl adjacent to an activating group) is 1. The number of carbonyl (C=O) groups excluding carboxylic acids is 2. The molecule has 0 atom stereocenters. The van der Waals surface area contributed by atoms with Gasteiger partial charge in [-0.1, -0.05) is 12.1 Å². The lowest BCUT2D eigenvalue weighted by Gasteiger charge is -2.38. The Morgan fingerprint density at radius 2 is 1.85 bits per heavy atom. The fourth-order valence-electron chi connectivity index (χ4n) is 6.90. The molecule has 52 heavy (non-hydrogen) atoms. The van der Waals surface area contributed by atoms with Crippen LogP contribution in [0, 0.1) is 11.6 Å². The van der Waals surface area contributed by atoms with Crippen LogP contribution in [0.3, 0.4) is 0 Å². The summed E-state index contributed by atoms with van der Waals surface area (Å²) in [6.45, 7) is 3.73. The van der Waals surface area contributed by atoms with Gasteiger partial charge in [0, 0.05) is 63.3 Å². The number of ether oxygens (including phenoxy) is 2. The van der Waals surface area contributed by atoms with Gasteiger partial charge in [-0.05, 0) is 49.2 Å². The highest BCUT2D eigenvalue weighted by Gasteiger charge is 2.39. The Bertz CT molecular complexity index is 2260. The number of aromatic nitrogens is 3. The average Bonchev–Trinajstić information content (AvgIpc) is 3.61. The van der Waals surface area contributed by atoms with Crippen LogP contribution in [0.4, 0.5) is 33.3 Å². The van der Waals surface area contributed by atoms with Crippen molar-refractivity contribution < 1.29 is 41.0 Å². The van der Waals surface area contributed by atoms with Crippen LogP contribution < -0.4 is 15.5 Å². The van der Waals surface area contributed by atoms with Crippen LogP contribution in [-0.2, 0) is 40.5 Å². The number of anilines is 2. The molecule has 5 heterocycles. The van der Waals surface area contributed by atoms with Crippen LogP contribution in [0.1, 0.15) is 39.9 Å². The van der Waals surface area contributed by atoms with Gasteiger partial charge in [0.15, 0.2) is 0 Å². The normalized spacial score (nSPS) is 15.5. The van der Waals surface area contributed by atoms with E-state index >= 15 is 8.78 Å². The smallest absolute Gasteiger partial charge is 0.377 e. The number of ketones is 1. The van der Waals surface area contributed by atoms with Crippen LogP contribution >= 0.6 is 0 Å². The summed E-state index contributed by atoms with van der Waals surface area (Å²) in [5.74, 6) is -3.41. The summed E-state index contributed by atoms with van der Waals surface area (Å²) in [6.07, 6.45) is -0.235. The number of hydrogen-bond donors (Lipinski definition) is 2. The Morgan fingerprint density at radius 3 is 2.50 bits per heavy atom. The lowest BCUT2D eigenvalue weighted by atomic mass is 9.92. The van der Waals surface area contributed by atoms with Crippen molar-refractivity contribution >= 4 is 39.6 Å². The number of nitrogens with zero attached hydrogens (tertiary/aromatic N) is 4. The van der Waals surface area contributed by atoms with Crippen LogP contribution in [0.15, 0.2) is 54.7 Å². The molecule has 0 saturated carbocycles. The molecular formula is C37H35F5N6O4. The third kappa shape index (κ3) is 6.11.